The van der Waals surface area contributed by atoms with Crippen molar-refractivity contribution in [2.75, 3.05) is 18.5 Å². The van der Waals surface area contributed by atoms with Crippen LogP contribution in [0.4, 0.5) is 18.9 Å². The number of hydrogen-bond donors (Lipinski definition) is 1. The molecule has 90 valence electrons. The molecule has 0 saturated heterocycles. The van der Waals surface area contributed by atoms with Crippen LogP contribution in [0.25, 0.3) is 0 Å². The lowest BCUT2D eigenvalue weighted by atomic mass is 10.1. The smallest absolute Gasteiger partial charge is 0.389 e. The third-order valence-corrected chi connectivity index (χ3v) is 2.21. The summed E-state index contributed by atoms with van der Waals surface area (Å²) >= 11 is 0. The Hall–Kier alpha value is -1.23. The van der Waals surface area contributed by atoms with Crippen LogP contribution in [0.15, 0.2) is 24.3 Å². The number of rotatable bonds is 3. The van der Waals surface area contributed by atoms with Crippen LogP contribution < -0.4 is 4.90 Å². The monoisotopic (exact) mass is 233 g/mol. The van der Waals surface area contributed by atoms with E-state index in [9.17, 15) is 18.3 Å². The summed E-state index contributed by atoms with van der Waals surface area (Å²) < 4.78 is 36.7. The Morgan fingerprint density at radius 3 is 2.38 bits per heavy atom. The van der Waals surface area contributed by atoms with Crippen molar-refractivity contribution < 1.29 is 18.3 Å². The van der Waals surface area contributed by atoms with Gasteiger partial charge in [0.15, 0.2) is 0 Å². The number of para-hydroxylation sites is 1. The van der Waals surface area contributed by atoms with Gasteiger partial charge in [0.05, 0.1) is 6.10 Å². The lowest BCUT2D eigenvalue weighted by Gasteiger charge is -2.24. The molecule has 0 bridgehead atoms. The molecule has 5 heteroatoms. The highest BCUT2D eigenvalue weighted by Crippen LogP contribution is 2.27. The quantitative estimate of drug-likeness (QED) is 0.867. The van der Waals surface area contributed by atoms with Crippen LogP contribution >= 0.6 is 0 Å². The summed E-state index contributed by atoms with van der Waals surface area (Å²) in [6.45, 7) is 0.497. The van der Waals surface area contributed by atoms with Crippen molar-refractivity contribution in [2.45, 2.75) is 19.2 Å². The maximum absolute atomic E-state index is 12.2. The normalized spacial score (nSPS) is 13.6. The van der Waals surface area contributed by atoms with Crippen LogP contribution in [0.3, 0.4) is 0 Å². The second kappa shape index (κ2) is 4.74. The van der Waals surface area contributed by atoms with E-state index in [-0.39, 0.29) is 0 Å². The zero-order valence-corrected chi connectivity index (χ0v) is 9.12. The molecule has 0 aromatic heterocycles. The van der Waals surface area contributed by atoms with Gasteiger partial charge in [-0.1, -0.05) is 18.2 Å². The summed E-state index contributed by atoms with van der Waals surface area (Å²) in [5.41, 5.74) is 0.893. The van der Waals surface area contributed by atoms with Crippen molar-refractivity contribution in [3.8, 4) is 0 Å². The van der Waals surface area contributed by atoms with E-state index in [1.807, 2.05) is 0 Å². The van der Waals surface area contributed by atoms with E-state index >= 15 is 0 Å². The van der Waals surface area contributed by atoms with Gasteiger partial charge in [0.25, 0.3) is 0 Å². The van der Waals surface area contributed by atoms with E-state index in [4.69, 9.17) is 0 Å². The van der Waals surface area contributed by atoms with Crippen LogP contribution in [0.5, 0.6) is 0 Å². The maximum atomic E-state index is 12.2. The molecule has 0 aliphatic rings. The first-order valence-corrected chi connectivity index (χ1v) is 4.86. The highest BCUT2D eigenvalue weighted by molar-refractivity contribution is 5.54. The van der Waals surface area contributed by atoms with Gasteiger partial charge >= 0.3 is 6.18 Å². The van der Waals surface area contributed by atoms with E-state index < -0.39 is 18.8 Å². The minimum Gasteiger partial charge on any atom is -0.389 e. The number of aliphatic hydroxyl groups is 1. The van der Waals surface area contributed by atoms with Gasteiger partial charge in [-0.15, -0.1) is 0 Å². The van der Waals surface area contributed by atoms with Crippen molar-refractivity contribution in [1.29, 1.82) is 0 Å². The van der Waals surface area contributed by atoms with E-state index in [0.717, 1.165) is 4.90 Å². The number of benzene rings is 1. The molecule has 1 rings (SSSR count). The average molecular weight is 233 g/mol. The molecule has 1 aromatic rings. The van der Waals surface area contributed by atoms with Gasteiger partial charge in [0.2, 0.25) is 0 Å². The molecule has 0 aliphatic carbocycles. The molecule has 1 N–H and O–H groups in total. The predicted octanol–water partition coefficient (Wildman–Crippen LogP) is 2.74. The average Bonchev–Trinajstić information content (AvgIpc) is 2.15. The summed E-state index contributed by atoms with van der Waals surface area (Å²) in [7, 11) is 1.36. The van der Waals surface area contributed by atoms with Gasteiger partial charge in [0.1, 0.15) is 6.54 Å². The topological polar surface area (TPSA) is 23.5 Å². The van der Waals surface area contributed by atoms with E-state index in [1.165, 1.54) is 14.0 Å². The Morgan fingerprint density at radius 2 is 1.88 bits per heavy atom. The van der Waals surface area contributed by atoms with Gasteiger partial charge in [-0.2, -0.15) is 13.2 Å². The molecule has 1 atom stereocenters. The molecule has 0 unspecified atom stereocenters. The van der Waals surface area contributed by atoms with Crippen LogP contribution in [-0.2, 0) is 0 Å². The van der Waals surface area contributed by atoms with Crippen molar-refractivity contribution in [3.05, 3.63) is 29.8 Å². The summed E-state index contributed by atoms with van der Waals surface area (Å²) in [5.74, 6) is 0. The number of halogens is 3. The minimum atomic E-state index is -4.25. The van der Waals surface area contributed by atoms with Crippen LogP contribution in [0.2, 0.25) is 0 Å². The van der Waals surface area contributed by atoms with Crippen molar-refractivity contribution >= 4 is 5.69 Å². The van der Waals surface area contributed by atoms with Gasteiger partial charge in [-0.05, 0) is 13.0 Å². The number of anilines is 1. The number of alkyl halides is 3. The highest BCUT2D eigenvalue weighted by Gasteiger charge is 2.30. The standard InChI is InChI=1S/C11H14F3NO/c1-8(16)9-5-3-4-6-10(9)15(2)7-11(12,13)14/h3-6,8,16H,7H2,1-2H3/t8-/m0/s1. The predicted molar refractivity (Wildman–Crippen MR) is 56.4 cm³/mol. The van der Waals surface area contributed by atoms with Crippen molar-refractivity contribution in [1.82, 2.24) is 0 Å². The SMILES string of the molecule is C[C@H](O)c1ccccc1N(C)CC(F)(F)F. The summed E-state index contributed by atoms with van der Waals surface area (Å²) in [5, 5.41) is 9.44. The Morgan fingerprint density at radius 1 is 1.31 bits per heavy atom. The first-order valence-electron chi connectivity index (χ1n) is 4.86. The van der Waals surface area contributed by atoms with Gasteiger partial charge < -0.3 is 10.0 Å². The summed E-state index contributed by atoms with van der Waals surface area (Å²) in [6.07, 6.45) is -5.03. The number of hydrogen-bond acceptors (Lipinski definition) is 2. The number of nitrogens with zero attached hydrogens (tertiary/aromatic N) is 1. The van der Waals surface area contributed by atoms with E-state index in [2.05, 4.69) is 0 Å². The molecule has 0 fully saturated rings. The third kappa shape index (κ3) is 3.41. The van der Waals surface area contributed by atoms with Gasteiger partial charge in [-0.3, -0.25) is 0 Å². The van der Waals surface area contributed by atoms with Crippen molar-refractivity contribution in [3.63, 3.8) is 0 Å². The van der Waals surface area contributed by atoms with E-state index in [1.54, 1.807) is 24.3 Å². The molecule has 16 heavy (non-hydrogen) atoms. The molecule has 0 radical (unpaired) electrons. The first-order chi connectivity index (χ1) is 7.31. The third-order valence-electron chi connectivity index (χ3n) is 2.21. The minimum absolute atomic E-state index is 0.398. The number of aliphatic hydroxyl groups excluding tert-OH is 1. The first kappa shape index (κ1) is 12.8. The summed E-state index contributed by atoms with van der Waals surface area (Å²) in [4.78, 5) is 1.09. The lowest BCUT2D eigenvalue weighted by molar-refractivity contribution is -0.119. The van der Waals surface area contributed by atoms with Crippen LogP contribution in [-0.4, -0.2) is 24.9 Å². The molecule has 2 nitrogen and oxygen atoms in total. The molecule has 0 saturated carbocycles. The van der Waals surface area contributed by atoms with Gasteiger partial charge in [0, 0.05) is 18.3 Å². The lowest BCUT2D eigenvalue weighted by Crippen LogP contribution is -2.31. The molecule has 0 aliphatic heterocycles. The van der Waals surface area contributed by atoms with Crippen LogP contribution in [0.1, 0.15) is 18.6 Å². The van der Waals surface area contributed by atoms with Crippen molar-refractivity contribution in [2.24, 2.45) is 0 Å². The van der Waals surface area contributed by atoms with Crippen LogP contribution in [0, 0.1) is 0 Å². The Labute approximate surface area is 92.3 Å². The molecular weight excluding hydrogens is 219 g/mol. The molecular formula is C11H14F3NO. The zero-order chi connectivity index (χ0) is 12.3. The fourth-order valence-electron chi connectivity index (χ4n) is 1.54. The Kier molecular flexibility index (Phi) is 3.80. The molecule has 1 aromatic carbocycles. The van der Waals surface area contributed by atoms with E-state index in [0.29, 0.717) is 11.3 Å². The Balaban J connectivity index is 2.95. The maximum Gasteiger partial charge on any atom is 0.405 e. The second-order valence-corrected chi connectivity index (χ2v) is 3.71. The largest absolute Gasteiger partial charge is 0.405 e. The molecule has 0 spiro atoms. The Bertz CT molecular complexity index is 349. The van der Waals surface area contributed by atoms with Gasteiger partial charge in [-0.25, -0.2) is 0 Å². The second-order valence-electron chi connectivity index (χ2n) is 3.71. The zero-order valence-electron chi connectivity index (χ0n) is 9.12. The summed E-state index contributed by atoms with van der Waals surface area (Å²) in [6, 6.07) is 6.52. The molecule has 0 heterocycles. The fraction of sp³-hybridized carbons (Fsp3) is 0.455. The fourth-order valence-corrected chi connectivity index (χ4v) is 1.54. The highest BCUT2D eigenvalue weighted by atomic mass is 19.4. The molecule has 0 amide bonds.